The highest BCUT2D eigenvalue weighted by atomic mass is 79.9. The lowest BCUT2D eigenvalue weighted by Gasteiger charge is -2.28. The van der Waals surface area contributed by atoms with Crippen molar-refractivity contribution in [3.05, 3.63) is 22.7 Å². The SMILES string of the molecule is CC1CCCCC1CNS(=O)(=O)c1ccc(N)cc1Br. The van der Waals surface area contributed by atoms with Crippen molar-refractivity contribution in [2.45, 2.75) is 37.5 Å². The fourth-order valence-electron chi connectivity index (χ4n) is 2.73. The fraction of sp³-hybridized carbons (Fsp3) is 0.571. The van der Waals surface area contributed by atoms with E-state index in [-0.39, 0.29) is 4.90 Å². The second-order valence-corrected chi connectivity index (χ2v) is 8.15. The van der Waals surface area contributed by atoms with Crippen molar-refractivity contribution in [1.82, 2.24) is 4.72 Å². The minimum Gasteiger partial charge on any atom is -0.399 e. The number of benzene rings is 1. The molecule has 2 rings (SSSR count). The second-order valence-electron chi connectivity index (χ2n) is 5.56. The number of nitrogens with one attached hydrogen (secondary N) is 1. The van der Waals surface area contributed by atoms with Crippen LogP contribution in [0.1, 0.15) is 32.6 Å². The van der Waals surface area contributed by atoms with Crippen LogP contribution in [0.4, 0.5) is 5.69 Å². The summed E-state index contributed by atoms with van der Waals surface area (Å²) in [6, 6.07) is 4.74. The molecule has 0 bridgehead atoms. The lowest BCUT2D eigenvalue weighted by Crippen LogP contribution is -2.33. The summed E-state index contributed by atoms with van der Waals surface area (Å²) in [7, 11) is -3.48. The molecule has 6 heteroatoms. The molecule has 1 fully saturated rings. The van der Waals surface area contributed by atoms with Crippen molar-refractivity contribution in [3.63, 3.8) is 0 Å². The van der Waals surface area contributed by atoms with Crippen LogP contribution in [-0.2, 0) is 10.0 Å². The molecule has 0 saturated heterocycles. The zero-order valence-electron chi connectivity index (χ0n) is 11.6. The lowest BCUT2D eigenvalue weighted by atomic mass is 9.81. The molecule has 0 aromatic heterocycles. The highest BCUT2D eigenvalue weighted by Gasteiger charge is 2.24. The molecular weight excluding hydrogens is 340 g/mol. The van der Waals surface area contributed by atoms with Crippen LogP contribution >= 0.6 is 15.9 Å². The van der Waals surface area contributed by atoms with Gasteiger partial charge >= 0.3 is 0 Å². The predicted octanol–water partition coefficient (Wildman–Crippen LogP) is 3.14. The minimum atomic E-state index is -3.48. The number of hydrogen-bond acceptors (Lipinski definition) is 3. The quantitative estimate of drug-likeness (QED) is 0.810. The van der Waals surface area contributed by atoms with E-state index in [0.717, 1.165) is 6.42 Å². The van der Waals surface area contributed by atoms with Gasteiger partial charge in [0.15, 0.2) is 0 Å². The van der Waals surface area contributed by atoms with Crippen molar-refractivity contribution >= 4 is 31.6 Å². The lowest BCUT2D eigenvalue weighted by molar-refractivity contribution is 0.257. The first-order valence-corrected chi connectivity index (χ1v) is 9.22. The Bertz CT molecular complexity index is 575. The van der Waals surface area contributed by atoms with Crippen LogP contribution in [0.3, 0.4) is 0 Å². The van der Waals surface area contributed by atoms with Gasteiger partial charge in [-0.25, -0.2) is 13.1 Å². The maximum absolute atomic E-state index is 12.3. The van der Waals surface area contributed by atoms with E-state index in [2.05, 4.69) is 27.6 Å². The van der Waals surface area contributed by atoms with E-state index in [1.54, 1.807) is 12.1 Å². The Labute approximate surface area is 129 Å². The van der Waals surface area contributed by atoms with Gasteiger partial charge in [0, 0.05) is 16.7 Å². The van der Waals surface area contributed by atoms with Crippen LogP contribution < -0.4 is 10.5 Å². The zero-order chi connectivity index (χ0) is 14.8. The Hall–Kier alpha value is -0.590. The van der Waals surface area contributed by atoms with Crippen molar-refractivity contribution in [1.29, 1.82) is 0 Å². The van der Waals surface area contributed by atoms with E-state index in [1.807, 2.05) is 0 Å². The number of nitrogens with two attached hydrogens (primary N) is 1. The van der Waals surface area contributed by atoms with Gasteiger partial charge in [-0.05, 0) is 52.4 Å². The number of rotatable bonds is 4. The maximum atomic E-state index is 12.3. The standard InChI is InChI=1S/C14H21BrN2O2S/c1-10-4-2-3-5-11(10)9-17-20(18,19)14-7-6-12(16)8-13(14)15/h6-8,10-11,17H,2-5,9,16H2,1H3. The first-order valence-electron chi connectivity index (χ1n) is 6.95. The molecule has 112 valence electrons. The number of sulfonamides is 1. The van der Waals surface area contributed by atoms with Crippen LogP contribution in [0.25, 0.3) is 0 Å². The third-order valence-electron chi connectivity index (χ3n) is 4.07. The molecule has 0 amide bonds. The van der Waals surface area contributed by atoms with E-state index in [0.29, 0.717) is 28.5 Å². The molecule has 0 aliphatic heterocycles. The van der Waals surface area contributed by atoms with E-state index in [1.165, 1.54) is 25.3 Å². The molecule has 2 unspecified atom stereocenters. The molecule has 3 N–H and O–H groups in total. The van der Waals surface area contributed by atoms with Gasteiger partial charge in [0.25, 0.3) is 0 Å². The zero-order valence-corrected chi connectivity index (χ0v) is 14.0. The Morgan fingerprint density at radius 1 is 1.35 bits per heavy atom. The predicted molar refractivity (Wildman–Crippen MR) is 84.9 cm³/mol. The highest BCUT2D eigenvalue weighted by Crippen LogP contribution is 2.30. The number of hydrogen-bond donors (Lipinski definition) is 2. The third kappa shape index (κ3) is 3.74. The average Bonchev–Trinajstić information content (AvgIpc) is 2.37. The van der Waals surface area contributed by atoms with Crippen LogP contribution in [0.2, 0.25) is 0 Å². The molecule has 0 heterocycles. The summed E-state index contributed by atoms with van der Waals surface area (Å²) in [5, 5.41) is 0. The van der Waals surface area contributed by atoms with Crippen LogP contribution in [0, 0.1) is 11.8 Å². The van der Waals surface area contributed by atoms with Crippen molar-refractivity contribution in [3.8, 4) is 0 Å². The second kappa shape index (κ2) is 6.45. The largest absolute Gasteiger partial charge is 0.399 e. The Balaban J connectivity index is 2.07. The molecule has 1 aromatic rings. The smallest absolute Gasteiger partial charge is 0.241 e. The number of nitrogen functional groups attached to an aromatic ring is 1. The van der Waals surface area contributed by atoms with Crippen molar-refractivity contribution in [2.75, 3.05) is 12.3 Å². The molecule has 4 nitrogen and oxygen atoms in total. The molecule has 1 saturated carbocycles. The van der Waals surface area contributed by atoms with Gasteiger partial charge < -0.3 is 5.73 Å². The van der Waals surface area contributed by atoms with Gasteiger partial charge in [0.1, 0.15) is 0 Å². The van der Waals surface area contributed by atoms with E-state index >= 15 is 0 Å². The molecule has 1 aromatic carbocycles. The molecule has 20 heavy (non-hydrogen) atoms. The third-order valence-corrected chi connectivity index (χ3v) is 6.47. The van der Waals surface area contributed by atoms with Gasteiger partial charge in [0.2, 0.25) is 10.0 Å². The average molecular weight is 361 g/mol. The fourth-order valence-corrected chi connectivity index (χ4v) is 4.91. The normalized spacial score (nSPS) is 23.7. The molecule has 1 aliphatic rings. The minimum absolute atomic E-state index is 0.246. The van der Waals surface area contributed by atoms with Gasteiger partial charge in [-0.3, -0.25) is 0 Å². The van der Waals surface area contributed by atoms with E-state index in [9.17, 15) is 8.42 Å². The van der Waals surface area contributed by atoms with E-state index < -0.39 is 10.0 Å². The van der Waals surface area contributed by atoms with Gasteiger partial charge in [-0.1, -0.05) is 26.2 Å². The van der Waals surface area contributed by atoms with Crippen molar-refractivity contribution < 1.29 is 8.42 Å². The highest BCUT2D eigenvalue weighted by molar-refractivity contribution is 9.10. The van der Waals surface area contributed by atoms with Crippen LogP contribution in [0.5, 0.6) is 0 Å². The summed E-state index contributed by atoms with van der Waals surface area (Å²) in [6.07, 6.45) is 4.75. The molecule has 1 aliphatic carbocycles. The summed E-state index contributed by atoms with van der Waals surface area (Å²) in [4.78, 5) is 0.246. The maximum Gasteiger partial charge on any atom is 0.241 e. The monoisotopic (exact) mass is 360 g/mol. The summed E-state index contributed by atoms with van der Waals surface area (Å²) >= 11 is 3.26. The van der Waals surface area contributed by atoms with Gasteiger partial charge in [-0.2, -0.15) is 0 Å². The summed E-state index contributed by atoms with van der Waals surface area (Å²) in [5.41, 5.74) is 6.17. The molecule has 0 radical (unpaired) electrons. The summed E-state index contributed by atoms with van der Waals surface area (Å²) in [6.45, 7) is 2.72. The summed E-state index contributed by atoms with van der Waals surface area (Å²) in [5.74, 6) is 1.02. The Kier molecular flexibility index (Phi) is 5.09. The van der Waals surface area contributed by atoms with Gasteiger partial charge in [0.05, 0.1) is 4.90 Å². The number of halogens is 1. The molecular formula is C14H21BrN2O2S. The van der Waals surface area contributed by atoms with Crippen LogP contribution in [-0.4, -0.2) is 15.0 Å². The number of anilines is 1. The van der Waals surface area contributed by atoms with E-state index in [4.69, 9.17) is 5.73 Å². The first-order chi connectivity index (χ1) is 9.40. The molecule has 2 atom stereocenters. The van der Waals surface area contributed by atoms with Crippen LogP contribution in [0.15, 0.2) is 27.6 Å². The molecule has 0 spiro atoms. The van der Waals surface area contributed by atoms with Crippen molar-refractivity contribution in [2.24, 2.45) is 11.8 Å². The summed E-state index contributed by atoms with van der Waals surface area (Å²) < 4.78 is 27.9. The van der Waals surface area contributed by atoms with Gasteiger partial charge in [-0.15, -0.1) is 0 Å². The topological polar surface area (TPSA) is 72.2 Å². The Morgan fingerprint density at radius 3 is 2.70 bits per heavy atom. The first kappa shape index (κ1) is 15.8. The Morgan fingerprint density at radius 2 is 2.05 bits per heavy atom.